The number of carbonyl (C=O) groups excluding carboxylic acids is 1. The molecule has 5 N–H and O–H groups in total. The van der Waals surface area contributed by atoms with Gasteiger partial charge in [-0.15, -0.1) is 0 Å². The maximum atomic E-state index is 12.8. The molecule has 0 aliphatic heterocycles. The topological polar surface area (TPSA) is 273 Å². The fraction of sp³-hybridized carbons (Fsp3) is 0.229. The predicted molar refractivity (Wildman–Crippen MR) is 266 cm³/mol. The highest BCUT2D eigenvalue weighted by atomic mass is 32.2. The van der Waals surface area contributed by atoms with Gasteiger partial charge in [0.2, 0.25) is 0 Å². The molecule has 0 radical (unpaired) electrons. The van der Waals surface area contributed by atoms with Crippen LogP contribution in [0.1, 0.15) is 76.2 Å². The van der Waals surface area contributed by atoms with Crippen LogP contribution in [0.3, 0.4) is 0 Å². The number of aromatic hydroxyl groups is 1. The lowest BCUT2D eigenvalue weighted by Gasteiger charge is -2.34. The van der Waals surface area contributed by atoms with Crippen LogP contribution in [0.2, 0.25) is 0 Å². The third-order valence-corrected chi connectivity index (χ3v) is 16.0. The van der Waals surface area contributed by atoms with Crippen LogP contribution in [-0.2, 0) is 40.5 Å². The molecule has 1 aliphatic rings. The zero-order valence-electron chi connectivity index (χ0n) is 38.2. The van der Waals surface area contributed by atoms with Gasteiger partial charge in [0.25, 0.3) is 40.5 Å². The van der Waals surface area contributed by atoms with Crippen molar-refractivity contribution in [1.82, 2.24) is 0 Å². The molecule has 0 fully saturated rings. The van der Waals surface area contributed by atoms with E-state index >= 15 is 0 Å². The molecule has 0 amide bonds. The van der Waals surface area contributed by atoms with Crippen molar-refractivity contribution in [1.29, 1.82) is 0 Å². The Morgan fingerprint density at radius 3 is 1.46 bits per heavy atom. The molecule has 5 aromatic rings. The molecular weight excluding hydrogens is 1020 g/mol. The van der Waals surface area contributed by atoms with Gasteiger partial charge in [0, 0.05) is 36.6 Å². The highest BCUT2D eigenvalue weighted by Gasteiger charge is 2.37. The minimum atomic E-state index is -5.11. The number of benzene rings is 5. The molecule has 0 spiro atoms. The van der Waals surface area contributed by atoms with E-state index < -0.39 is 78.0 Å². The van der Waals surface area contributed by atoms with Gasteiger partial charge in [-0.1, -0.05) is 89.2 Å². The van der Waals surface area contributed by atoms with Crippen molar-refractivity contribution in [3.05, 3.63) is 148 Å². The Morgan fingerprint density at radius 2 is 1.04 bits per heavy atom. The first-order chi connectivity index (χ1) is 32.6. The minimum absolute atomic E-state index is 0.0143. The first-order valence-electron chi connectivity index (χ1n) is 21.2. The molecule has 0 heterocycles. The average Bonchev–Trinajstić information content (AvgIpc) is 3.28. The van der Waals surface area contributed by atoms with Crippen LogP contribution in [0.25, 0.3) is 0 Å². The molecule has 70 heavy (non-hydrogen) atoms. The summed E-state index contributed by atoms with van der Waals surface area (Å²) >= 11 is 1.71. The van der Waals surface area contributed by atoms with Gasteiger partial charge in [-0.05, 0) is 127 Å². The second-order valence-electron chi connectivity index (χ2n) is 16.1. The van der Waals surface area contributed by atoms with E-state index in [1.807, 2.05) is 32.9 Å². The lowest BCUT2D eigenvalue weighted by molar-refractivity contribution is 0.103. The van der Waals surface area contributed by atoms with Gasteiger partial charge in [-0.25, -0.2) is 0 Å². The number of thioether (sulfide) groups is 1. The first-order valence-corrected chi connectivity index (χ1v) is 28.6. The number of ketones is 1. The fourth-order valence-corrected chi connectivity index (χ4v) is 11.8. The van der Waals surface area contributed by atoms with E-state index in [9.17, 15) is 61.8 Å². The van der Waals surface area contributed by atoms with Crippen molar-refractivity contribution in [2.45, 2.75) is 89.7 Å². The van der Waals surface area contributed by atoms with Gasteiger partial charge < -0.3 is 14.6 Å². The van der Waals surface area contributed by atoms with E-state index in [2.05, 4.69) is 13.8 Å². The molecule has 16 nitrogen and oxygen atoms in total. The Morgan fingerprint density at radius 1 is 0.614 bits per heavy atom. The van der Waals surface area contributed by atoms with Gasteiger partial charge in [0.05, 0.1) is 4.91 Å². The van der Waals surface area contributed by atoms with Crippen LogP contribution < -0.4 is 9.47 Å². The molecule has 1 atom stereocenters. The maximum absolute atomic E-state index is 12.8. The van der Waals surface area contributed by atoms with Crippen molar-refractivity contribution in [3.63, 3.8) is 0 Å². The average molecular weight is 1080 g/mol. The molecule has 1 aliphatic carbocycles. The number of ether oxygens (including phenoxy) is 2. The van der Waals surface area contributed by atoms with E-state index in [4.69, 9.17) is 9.47 Å². The van der Waals surface area contributed by atoms with Gasteiger partial charge in [-0.3, -0.25) is 23.0 Å². The summed E-state index contributed by atoms with van der Waals surface area (Å²) in [6, 6.07) is 21.7. The number of carbonyl (C=O) groups is 1. The second kappa shape index (κ2) is 22.9. The lowest BCUT2D eigenvalue weighted by atomic mass is 9.75. The summed E-state index contributed by atoms with van der Waals surface area (Å²) in [6.07, 6.45) is 10.3. The molecule has 374 valence electrons. The Hall–Kier alpha value is -5.27. The van der Waals surface area contributed by atoms with Gasteiger partial charge in [0.15, 0.2) is 5.78 Å². The highest BCUT2D eigenvalue weighted by Crippen LogP contribution is 2.46. The predicted octanol–water partition coefficient (Wildman–Crippen LogP) is 11.7. The Balaban J connectivity index is 0.00000219. The zero-order chi connectivity index (χ0) is 51.8. The van der Waals surface area contributed by atoms with Crippen molar-refractivity contribution in [3.8, 4) is 28.7 Å². The van der Waals surface area contributed by atoms with Crippen molar-refractivity contribution in [2.24, 2.45) is 11.3 Å². The second-order valence-corrected chi connectivity index (χ2v) is 24.0. The molecular formula is C48H50O16S6. The van der Waals surface area contributed by atoms with Crippen molar-refractivity contribution >= 4 is 69.8 Å². The normalized spacial score (nSPS) is 14.6. The summed E-state index contributed by atoms with van der Waals surface area (Å²) < 4.78 is 153. The van der Waals surface area contributed by atoms with Gasteiger partial charge in [0.1, 0.15) is 43.4 Å². The maximum Gasteiger partial charge on any atom is 0.298 e. The van der Waals surface area contributed by atoms with Crippen LogP contribution >= 0.6 is 23.5 Å². The summed E-state index contributed by atoms with van der Waals surface area (Å²) in [5, 5.41) is 9.50. The third-order valence-electron chi connectivity index (χ3n) is 10.4. The monoisotopic (exact) mass is 1070 g/mol. The largest absolute Gasteiger partial charge is 0.508 e. The van der Waals surface area contributed by atoms with Crippen LogP contribution in [0.4, 0.5) is 0 Å². The quantitative estimate of drug-likeness (QED) is 0.0310. The van der Waals surface area contributed by atoms with E-state index in [-0.39, 0.29) is 54.6 Å². The van der Waals surface area contributed by atoms with Crippen LogP contribution in [0, 0.1) is 11.3 Å². The fourth-order valence-electron chi connectivity index (χ4n) is 6.67. The van der Waals surface area contributed by atoms with Crippen LogP contribution in [-0.4, -0.2) is 62.8 Å². The van der Waals surface area contributed by atoms with E-state index in [1.54, 1.807) is 6.08 Å². The minimum Gasteiger partial charge on any atom is -0.508 e. The summed E-state index contributed by atoms with van der Waals surface area (Å²) in [5.74, 6) is -2.32. The van der Waals surface area contributed by atoms with Crippen LogP contribution in [0.5, 0.6) is 28.7 Å². The number of hydrogen-bond acceptors (Lipinski definition) is 14. The van der Waals surface area contributed by atoms with Gasteiger partial charge >= 0.3 is 0 Å². The summed E-state index contributed by atoms with van der Waals surface area (Å²) in [7, 11) is -19.8. The van der Waals surface area contributed by atoms with E-state index in [0.717, 1.165) is 53.9 Å². The number of phenols is 1. The van der Waals surface area contributed by atoms with Crippen molar-refractivity contribution in [2.75, 3.05) is 0 Å². The number of rotatable bonds is 18. The zero-order valence-corrected chi connectivity index (χ0v) is 43.1. The molecule has 0 saturated carbocycles. The number of allylic oxidation sites excluding steroid dienone is 5. The SMILES string of the molecule is CCC=CC(C)(C)C1CC=C(Sc2ccc(Oc3ccc(Sc4ccc(Oc5ccc(C(=O)c6ccc(O)cc6)cc5)c(S(=O)(=O)O)c4)cc3S(=O)(=O)O)c(S(=O)(=O)O)c2)C=C1S(=O)(=O)O.CCCC. The smallest absolute Gasteiger partial charge is 0.298 e. The Labute approximate surface area is 416 Å². The Kier molecular flexibility index (Phi) is 18.2. The highest BCUT2D eigenvalue weighted by molar-refractivity contribution is 8.03. The number of hydrogen-bond donors (Lipinski definition) is 5. The Bertz CT molecular complexity index is 3290. The molecule has 1 unspecified atom stereocenters. The van der Waals surface area contributed by atoms with Gasteiger partial charge in [-0.2, -0.15) is 33.7 Å². The molecule has 0 bridgehead atoms. The molecule has 22 heteroatoms. The molecule has 5 aromatic carbocycles. The first kappa shape index (κ1) is 55.7. The van der Waals surface area contributed by atoms with E-state index in [0.29, 0.717) is 16.9 Å². The molecule has 6 rings (SSSR count). The summed E-state index contributed by atoms with van der Waals surface area (Å²) in [5.41, 5.74) is -0.0857. The van der Waals surface area contributed by atoms with Crippen molar-refractivity contribution < 1.29 is 71.3 Å². The summed E-state index contributed by atoms with van der Waals surface area (Å²) in [6.45, 7) is 9.95. The number of unbranched alkanes of at least 4 members (excludes halogenated alkanes) is 1. The third kappa shape index (κ3) is 14.9. The molecule has 0 aromatic heterocycles. The molecule has 0 saturated heterocycles. The number of phenolic OH excluding ortho intramolecular Hbond substituents is 1. The summed E-state index contributed by atoms with van der Waals surface area (Å²) in [4.78, 5) is 11.0. The van der Waals surface area contributed by atoms with E-state index in [1.165, 1.54) is 91.7 Å². The lowest BCUT2D eigenvalue weighted by Crippen LogP contribution is -2.28. The van der Waals surface area contributed by atoms with Crippen LogP contribution in [0.15, 0.2) is 167 Å². The standard InChI is InChI=1S/C44H40O16S6.C4H10/c1-4-5-22-44(2,3)35-18-14-31(23-39(35)63(47,48)49)61-33-16-20-37(41(25-33)65(53,54)55)60-38-21-17-34(26-42(38)66(56,57)58)62-32-15-19-36(40(24-32)64(50,51)52)59-30-12-8-28(9-13-30)43(46)27-6-10-29(45)11-7-27;1-3-4-2/h5-17,19-26,35,45H,4,18H2,1-3H3,(H,47,48,49)(H,50,51,52)(H,53,54,55)(H,56,57,58);3-4H2,1-2H3.